The van der Waals surface area contributed by atoms with Gasteiger partial charge in [-0.3, -0.25) is 0 Å². The van der Waals surface area contributed by atoms with Crippen molar-refractivity contribution in [2.75, 3.05) is 0 Å². The van der Waals surface area contributed by atoms with Crippen molar-refractivity contribution in [3.8, 4) is 0 Å². The maximum Gasteiger partial charge on any atom is 0.337 e. The number of aryl methyl sites for hydroxylation is 1. The van der Waals surface area contributed by atoms with Gasteiger partial charge in [0, 0.05) is 0 Å². The Hall–Kier alpha value is -1.35. The molecule has 0 bridgehead atoms. The van der Waals surface area contributed by atoms with Crippen molar-refractivity contribution in [2.24, 2.45) is 0 Å². The lowest BCUT2D eigenvalue weighted by atomic mass is 10.1. The second kappa shape index (κ2) is 3.36. The first-order chi connectivity index (χ1) is 5.61. The van der Waals surface area contributed by atoms with Crippen LogP contribution >= 0.6 is 0 Å². The maximum atomic E-state index is 10.3. The Kier molecular flexibility index (Phi) is 2.45. The number of hydrogen-bond acceptors (Lipinski definition) is 2. The second-order valence-corrected chi connectivity index (χ2v) is 2.65. The molecule has 0 aliphatic carbocycles. The molecule has 0 aliphatic rings. The number of carbonyl (C=O) groups is 1. The number of carboxylic acids is 1. The maximum absolute atomic E-state index is 10.3. The molecule has 2 N–H and O–H groups in total. The van der Waals surface area contributed by atoms with Crippen LogP contribution in [-0.2, 0) is 4.79 Å². The van der Waals surface area contributed by atoms with E-state index in [1.807, 2.05) is 6.92 Å². The Morgan fingerprint density at radius 2 is 1.83 bits per heavy atom. The molecule has 3 heteroatoms. The average Bonchev–Trinajstić information content (AvgIpc) is 2.04. The summed E-state index contributed by atoms with van der Waals surface area (Å²) in [4.78, 5) is 10.3. The van der Waals surface area contributed by atoms with Crippen LogP contribution in [0.5, 0.6) is 0 Å². The summed E-state index contributed by atoms with van der Waals surface area (Å²) in [5.41, 5.74) is 1.45. The largest absolute Gasteiger partial charge is 0.479 e. The van der Waals surface area contributed by atoms with Crippen molar-refractivity contribution in [1.29, 1.82) is 0 Å². The number of rotatable bonds is 2. The van der Waals surface area contributed by atoms with Gasteiger partial charge in [-0.05, 0) is 12.5 Å². The Morgan fingerprint density at radius 3 is 2.25 bits per heavy atom. The second-order valence-electron chi connectivity index (χ2n) is 2.65. The number of aliphatic hydroxyl groups is 1. The van der Waals surface area contributed by atoms with Crippen molar-refractivity contribution >= 4 is 5.97 Å². The first-order valence-electron chi connectivity index (χ1n) is 3.58. The first-order valence-corrected chi connectivity index (χ1v) is 3.58. The molecular formula is C9H10O3. The van der Waals surface area contributed by atoms with Gasteiger partial charge in [-0.25, -0.2) is 4.79 Å². The molecule has 0 aromatic heterocycles. The summed E-state index contributed by atoms with van der Waals surface area (Å²) < 4.78 is 0. The Bertz CT molecular complexity index is 276. The third kappa shape index (κ3) is 1.83. The number of carboxylic acid groups (broad SMARTS) is 1. The standard InChI is InChI=1S/C9H10O3/c1-6-2-4-7(5-3-6)8(10)9(11)12/h2-5,8,10H,1H3,(H,11,12)/t8-/m1/s1. The van der Waals surface area contributed by atoms with Gasteiger partial charge in [-0.15, -0.1) is 0 Å². The zero-order valence-electron chi connectivity index (χ0n) is 6.69. The van der Waals surface area contributed by atoms with Crippen LogP contribution in [0.4, 0.5) is 0 Å². The van der Waals surface area contributed by atoms with E-state index in [-0.39, 0.29) is 0 Å². The highest BCUT2D eigenvalue weighted by Gasteiger charge is 2.14. The molecule has 1 rings (SSSR count). The molecule has 0 radical (unpaired) electrons. The lowest BCUT2D eigenvalue weighted by molar-refractivity contribution is -0.146. The predicted octanol–water partition coefficient (Wildman–Crippen LogP) is 1.11. The molecule has 0 fully saturated rings. The van der Waals surface area contributed by atoms with Crippen LogP contribution in [0.3, 0.4) is 0 Å². The zero-order valence-corrected chi connectivity index (χ0v) is 6.69. The summed E-state index contributed by atoms with van der Waals surface area (Å²) in [6.07, 6.45) is -1.41. The minimum atomic E-state index is -1.41. The average molecular weight is 166 g/mol. The highest BCUT2D eigenvalue weighted by atomic mass is 16.4. The molecule has 1 aromatic rings. The third-order valence-corrected chi connectivity index (χ3v) is 1.63. The highest BCUT2D eigenvalue weighted by molar-refractivity contribution is 5.73. The monoisotopic (exact) mass is 166 g/mol. The molecule has 0 aliphatic heterocycles. The van der Waals surface area contributed by atoms with Crippen LogP contribution in [0.15, 0.2) is 24.3 Å². The van der Waals surface area contributed by atoms with Crippen molar-refractivity contribution in [1.82, 2.24) is 0 Å². The van der Waals surface area contributed by atoms with E-state index in [9.17, 15) is 4.79 Å². The molecule has 0 heterocycles. The van der Waals surface area contributed by atoms with Crippen molar-refractivity contribution in [2.45, 2.75) is 13.0 Å². The highest BCUT2D eigenvalue weighted by Crippen LogP contribution is 2.13. The fourth-order valence-electron chi connectivity index (χ4n) is 0.891. The van der Waals surface area contributed by atoms with Crippen LogP contribution in [0.25, 0.3) is 0 Å². The fraction of sp³-hybridized carbons (Fsp3) is 0.222. The molecule has 3 nitrogen and oxygen atoms in total. The summed E-state index contributed by atoms with van der Waals surface area (Å²) >= 11 is 0. The van der Waals surface area contributed by atoms with E-state index < -0.39 is 12.1 Å². The van der Waals surface area contributed by atoms with E-state index in [0.717, 1.165) is 5.56 Å². The van der Waals surface area contributed by atoms with Gasteiger partial charge < -0.3 is 10.2 Å². The fourth-order valence-corrected chi connectivity index (χ4v) is 0.891. The molecule has 0 saturated carbocycles. The van der Waals surface area contributed by atoms with Gasteiger partial charge in [0.2, 0.25) is 0 Å². The van der Waals surface area contributed by atoms with Gasteiger partial charge in [0.05, 0.1) is 0 Å². The van der Waals surface area contributed by atoms with Gasteiger partial charge in [-0.1, -0.05) is 29.8 Å². The normalized spacial score (nSPS) is 12.5. The summed E-state index contributed by atoms with van der Waals surface area (Å²) in [6.45, 7) is 1.90. The van der Waals surface area contributed by atoms with E-state index in [1.54, 1.807) is 24.3 Å². The molecule has 64 valence electrons. The van der Waals surface area contributed by atoms with Crippen LogP contribution in [0.1, 0.15) is 17.2 Å². The zero-order chi connectivity index (χ0) is 9.14. The van der Waals surface area contributed by atoms with E-state index >= 15 is 0 Å². The third-order valence-electron chi connectivity index (χ3n) is 1.63. The van der Waals surface area contributed by atoms with Gasteiger partial charge in [-0.2, -0.15) is 0 Å². The van der Waals surface area contributed by atoms with E-state index in [2.05, 4.69) is 0 Å². The molecule has 1 atom stereocenters. The summed E-state index contributed by atoms with van der Waals surface area (Å²) in [5.74, 6) is -1.22. The molecule has 1 aromatic carbocycles. The minimum absolute atomic E-state index is 0.410. The van der Waals surface area contributed by atoms with Crippen molar-refractivity contribution in [3.63, 3.8) is 0 Å². The van der Waals surface area contributed by atoms with Gasteiger partial charge in [0.15, 0.2) is 6.10 Å². The lowest BCUT2D eigenvalue weighted by Crippen LogP contribution is -2.09. The van der Waals surface area contributed by atoms with E-state index in [0.29, 0.717) is 5.56 Å². The molecule has 0 spiro atoms. The van der Waals surface area contributed by atoms with Crippen LogP contribution < -0.4 is 0 Å². The molecule has 0 saturated heterocycles. The smallest absolute Gasteiger partial charge is 0.337 e. The van der Waals surface area contributed by atoms with Crippen molar-refractivity contribution in [3.05, 3.63) is 35.4 Å². The van der Waals surface area contributed by atoms with Gasteiger partial charge in [0.25, 0.3) is 0 Å². The number of benzene rings is 1. The first kappa shape index (κ1) is 8.74. The quantitative estimate of drug-likeness (QED) is 0.692. The predicted molar refractivity (Wildman–Crippen MR) is 43.8 cm³/mol. The van der Waals surface area contributed by atoms with Crippen LogP contribution in [0, 0.1) is 6.92 Å². The molecule has 0 unspecified atom stereocenters. The van der Waals surface area contributed by atoms with Crippen LogP contribution in [0.2, 0.25) is 0 Å². The SMILES string of the molecule is Cc1ccc([C@@H](O)C(=O)O)cc1. The summed E-state index contributed by atoms with van der Waals surface area (Å²) in [7, 11) is 0. The van der Waals surface area contributed by atoms with Gasteiger partial charge >= 0.3 is 5.97 Å². The molecule has 12 heavy (non-hydrogen) atoms. The summed E-state index contributed by atoms with van der Waals surface area (Å²) in [5, 5.41) is 17.5. The van der Waals surface area contributed by atoms with Crippen LogP contribution in [-0.4, -0.2) is 16.2 Å². The minimum Gasteiger partial charge on any atom is -0.479 e. The van der Waals surface area contributed by atoms with Gasteiger partial charge in [0.1, 0.15) is 0 Å². The Labute approximate surface area is 70.3 Å². The topological polar surface area (TPSA) is 57.5 Å². The Balaban J connectivity index is 2.89. The van der Waals surface area contributed by atoms with E-state index in [1.165, 1.54) is 0 Å². The summed E-state index contributed by atoms with van der Waals surface area (Å²) in [6, 6.07) is 6.74. The number of aliphatic hydroxyl groups excluding tert-OH is 1. The number of aliphatic carboxylic acids is 1. The lowest BCUT2D eigenvalue weighted by Gasteiger charge is -2.04. The van der Waals surface area contributed by atoms with E-state index in [4.69, 9.17) is 10.2 Å². The molecular weight excluding hydrogens is 156 g/mol. The Morgan fingerprint density at radius 1 is 1.33 bits per heavy atom. The number of hydrogen-bond donors (Lipinski definition) is 2. The van der Waals surface area contributed by atoms with Crippen molar-refractivity contribution < 1.29 is 15.0 Å². The molecule has 0 amide bonds.